The van der Waals surface area contributed by atoms with Crippen molar-refractivity contribution in [1.82, 2.24) is 5.32 Å². The number of methoxy groups -OCH3 is 1. The number of alkyl carbamates (subject to hydrolysis) is 1. The minimum absolute atomic E-state index is 0.0282. The third-order valence-electron chi connectivity index (χ3n) is 3.90. The number of rotatable bonds is 6. The number of nitrogen functional groups attached to an aromatic ring is 1. The van der Waals surface area contributed by atoms with Crippen molar-refractivity contribution >= 4 is 11.8 Å². The first-order valence-corrected chi connectivity index (χ1v) is 8.72. The molecule has 1 amide bonds. The van der Waals surface area contributed by atoms with Crippen molar-refractivity contribution in [3.63, 3.8) is 0 Å². The summed E-state index contributed by atoms with van der Waals surface area (Å²) in [6.45, 7) is 5.97. The minimum Gasteiger partial charge on any atom is -0.496 e. The van der Waals surface area contributed by atoms with Crippen LogP contribution in [0.4, 0.5) is 10.5 Å². The Morgan fingerprint density at radius 2 is 1.88 bits per heavy atom. The second-order valence-electron chi connectivity index (χ2n) is 7.27. The largest absolute Gasteiger partial charge is 0.496 e. The molecule has 2 aromatic carbocycles. The number of benzene rings is 2. The predicted molar refractivity (Wildman–Crippen MR) is 105 cm³/mol. The number of nitrogens with one attached hydrogen (secondary N) is 1. The monoisotopic (exact) mass is 356 g/mol. The van der Waals surface area contributed by atoms with Gasteiger partial charge >= 0.3 is 6.09 Å². The van der Waals surface area contributed by atoms with Crippen LogP contribution in [0.5, 0.6) is 5.75 Å². The van der Waals surface area contributed by atoms with Gasteiger partial charge in [-0.1, -0.05) is 30.3 Å². The molecule has 0 radical (unpaired) electrons. The highest BCUT2D eigenvalue weighted by molar-refractivity contribution is 5.67. The molecule has 0 saturated carbocycles. The first-order valence-electron chi connectivity index (χ1n) is 8.72. The number of para-hydroxylation sites is 1. The summed E-state index contributed by atoms with van der Waals surface area (Å²) in [5.41, 5.74) is 8.24. The van der Waals surface area contributed by atoms with E-state index in [0.29, 0.717) is 6.54 Å². The Morgan fingerprint density at radius 1 is 1.15 bits per heavy atom. The average molecular weight is 356 g/mol. The molecule has 0 heterocycles. The Balaban J connectivity index is 2.20. The van der Waals surface area contributed by atoms with Gasteiger partial charge in [0, 0.05) is 18.2 Å². The number of hydrogen-bond donors (Lipinski definition) is 2. The van der Waals surface area contributed by atoms with E-state index in [0.717, 1.165) is 29.0 Å². The predicted octanol–water partition coefficient (Wildman–Crippen LogP) is 4.13. The van der Waals surface area contributed by atoms with E-state index in [9.17, 15) is 4.79 Å². The van der Waals surface area contributed by atoms with Gasteiger partial charge in [0.05, 0.1) is 7.11 Å². The first-order chi connectivity index (χ1) is 12.3. The molecule has 0 aliphatic carbocycles. The van der Waals surface area contributed by atoms with E-state index in [-0.39, 0.29) is 5.92 Å². The third-order valence-corrected chi connectivity index (χ3v) is 3.90. The number of hydrogen-bond acceptors (Lipinski definition) is 4. The zero-order valence-corrected chi connectivity index (χ0v) is 15.9. The summed E-state index contributed by atoms with van der Waals surface area (Å²) < 4.78 is 10.9. The molecule has 2 aromatic rings. The van der Waals surface area contributed by atoms with Crippen LogP contribution >= 0.6 is 0 Å². The lowest BCUT2D eigenvalue weighted by Gasteiger charge is -2.23. The Labute approximate surface area is 155 Å². The Morgan fingerprint density at radius 3 is 2.54 bits per heavy atom. The molecule has 3 N–H and O–H groups in total. The van der Waals surface area contributed by atoms with Crippen LogP contribution in [0.3, 0.4) is 0 Å². The molecule has 0 spiro atoms. The molecule has 0 fully saturated rings. The van der Waals surface area contributed by atoms with Gasteiger partial charge in [0.1, 0.15) is 11.4 Å². The Bertz CT molecular complexity index is 738. The number of amides is 1. The van der Waals surface area contributed by atoms with Crippen molar-refractivity contribution in [3.8, 4) is 5.75 Å². The standard InChI is InChI=1S/C21H28N2O3/c1-21(2,3)26-20(24)23-14-16(12-15-8-7-9-17(22)13-15)18-10-5-6-11-19(18)25-4/h5-11,13,16H,12,14,22H2,1-4H3,(H,23,24). The quantitative estimate of drug-likeness (QED) is 0.763. The summed E-state index contributed by atoms with van der Waals surface area (Å²) in [5, 5.41) is 2.88. The summed E-state index contributed by atoms with van der Waals surface area (Å²) in [4.78, 5) is 12.1. The van der Waals surface area contributed by atoms with Gasteiger partial charge in [0.25, 0.3) is 0 Å². The molecule has 1 unspecified atom stereocenters. The lowest BCUT2D eigenvalue weighted by Crippen LogP contribution is -2.35. The molecule has 5 heteroatoms. The van der Waals surface area contributed by atoms with Crippen LogP contribution < -0.4 is 15.8 Å². The van der Waals surface area contributed by atoms with Gasteiger partial charge in [0.15, 0.2) is 0 Å². The summed E-state index contributed by atoms with van der Waals surface area (Å²) in [7, 11) is 1.65. The summed E-state index contributed by atoms with van der Waals surface area (Å²) >= 11 is 0. The van der Waals surface area contributed by atoms with Gasteiger partial charge in [-0.15, -0.1) is 0 Å². The molecule has 1 atom stereocenters. The van der Waals surface area contributed by atoms with E-state index in [1.54, 1.807) is 7.11 Å². The average Bonchev–Trinajstić information content (AvgIpc) is 2.57. The van der Waals surface area contributed by atoms with Crippen molar-refractivity contribution in [3.05, 3.63) is 59.7 Å². The van der Waals surface area contributed by atoms with E-state index in [1.807, 2.05) is 69.3 Å². The van der Waals surface area contributed by atoms with Crippen LogP contribution in [0.2, 0.25) is 0 Å². The number of nitrogens with two attached hydrogens (primary N) is 1. The molecular weight excluding hydrogens is 328 g/mol. The molecule has 5 nitrogen and oxygen atoms in total. The van der Waals surface area contributed by atoms with E-state index in [4.69, 9.17) is 15.2 Å². The summed E-state index contributed by atoms with van der Waals surface area (Å²) in [6.07, 6.45) is 0.297. The smallest absolute Gasteiger partial charge is 0.407 e. The van der Waals surface area contributed by atoms with Crippen molar-refractivity contribution < 1.29 is 14.3 Å². The molecule has 0 aliphatic rings. The van der Waals surface area contributed by atoms with Crippen LogP contribution in [-0.2, 0) is 11.2 Å². The number of carbonyl (C=O) groups is 1. The second kappa shape index (κ2) is 8.61. The number of anilines is 1. The molecular formula is C21H28N2O3. The van der Waals surface area contributed by atoms with Crippen molar-refractivity contribution in [2.75, 3.05) is 19.4 Å². The molecule has 2 rings (SSSR count). The first kappa shape index (κ1) is 19.6. The molecule has 140 valence electrons. The van der Waals surface area contributed by atoms with E-state index in [1.165, 1.54) is 0 Å². The van der Waals surface area contributed by atoms with Crippen molar-refractivity contribution in [2.24, 2.45) is 0 Å². The molecule has 0 aliphatic heterocycles. The molecule has 0 saturated heterocycles. The van der Waals surface area contributed by atoms with Crippen LogP contribution in [0.25, 0.3) is 0 Å². The van der Waals surface area contributed by atoms with Gasteiger partial charge in [-0.05, 0) is 56.5 Å². The molecule has 0 aromatic heterocycles. The van der Waals surface area contributed by atoms with Gasteiger partial charge in [-0.25, -0.2) is 4.79 Å². The zero-order chi connectivity index (χ0) is 19.2. The maximum absolute atomic E-state index is 12.1. The van der Waals surface area contributed by atoms with Crippen LogP contribution in [0.15, 0.2) is 48.5 Å². The van der Waals surface area contributed by atoms with Crippen LogP contribution in [0.1, 0.15) is 37.8 Å². The van der Waals surface area contributed by atoms with Gasteiger partial charge in [-0.3, -0.25) is 0 Å². The minimum atomic E-state index is -0.530. The van der Waals surface area contributed by atoms with Gasteiger partial charge in [-0.2, -0.15) is 0 Å². The van der Waals surface area contributed by atoms with Crippen molar-refractivity contribution in [2.45, 2.75) is 38.7 Å². The fraction of sp³-hybridized carbons (Fsp3) is 0.381. The van der Waals surface area contributed by atoms with Crippen LogP contribution in [0, 0.1) is 0 Å². The Hall–Kier alpha value is -2.69. The van der Waals surface area contributed by atoms with Crippen LogP contribution in [-0.4, -0.2) is 25.3 Å². The second-order valence-corrected chi connectivity index (χ2v) is 7.27. The molecule has 0 bridgehead atoms. The number of carbonyl (C=O) groups excluding carboxylic acids is 1. The third kappa shape index (κ3) is 5.99. The topological polar surface area (TPSA) is 73.6 Å². The van der Waals surface area contributed by atoms with Crippen molar-refractivity contribution in [1.29, 1.82) is 0 Å². The lowest BCUT2D eigenvalue weighted by molar-refractivity contribution is 0.0524. The lowest BCUT2D eigenvalue weighted by atomic mass is 9.91. The fourth-order valence-electron chi connectivity index (χ4n) is 2.82. The maximum Gasteiger partial charge on any atom is 0.407 e. The highest BCUT2D eigenvalue weighted by Crippen LogP contribution is 2.29. The number of ether oxygens (including phenoxy) is 2. The van der Waals surface area contributed by atoms with E-state index < -0.39 is 11.7 Å². The van der Waals surface area contributed by atoms with Gasteiger partial charge < -0.3 is 20.5 Å². The highest BCUT2D eigenvalue weighted by Gasteiger charge is 2.20. The molecule has 26 heavy (non-hydrogen) atoms. The summed E-state index contributed by atoms with van der Waals surface area (Å²) in [5.74, 6) is 0.827. The highest BCUT2D eigenvalue weighted by atomic mass is 16.6. The normalized spacial score (nSPS) is 12.3. The SMILES string of the molecule is COc1ccccc1C(CNC(=O)OC(C)(C)C)Cc1cccc(N)c1. The van der Waals surface area contributed by atoms with Gasteiger partial charge in [0.2, 0.25) is 0 Å². The van der Waals surface area contributed by atoms with E-state index in [2.05, 4.69) is 5.32 Å². The summed E-state index contributed by atoms with van der Waals surface area (Å²) in [6, 6.07) is 15.6. The Kier molecular flexibility index (Phi) is 6.50. The zero-order valence-electron chi connectivity index (χ0n) is 15.9. The maximum atomic E-state index is 12.1. The fourth-order valence-corrected chi connectivity index (χ4v) is 2.82. The van der Waals surface area contributed by atoms with E-state index >= 15 is 0 Å².